The third kappa shape index (κ3) is 6.33. The van der Waals surface area contributed by atoms with Gasteiger partial charge in [-0.15, -0.1) is 0 Å². The van der Waals surface area contributed by atoms with Crippen LogP contribution in [0.2, 0.25) is 0 Å². The molecular weight excluding hydrogens is 666 g/mol. The molecule has 4 unspecified atom stereocenters. The molecule has 6 heterocycles. The van der Waals surface area contributed by atoms with Gasteiger partial charge in [-0.25, -0.2) is 14.5 Å². The van der Waals surface area contributed by atoms with E-state index in [-0.39, 0.29) is 53.2 Å². The fourth-order valence-corrected chi connectivity index (χ4v) is 7.34. The van der Waals surface area contributed by atoms with Crippen LogP contribution in [-0.2, 0) is 32.4 Å². The lowest BCUT2D eigenvalue weighted by Crippen LogP contribution is -2.32. The van der Waals surface area contributed by atoms with Crippen molar-refractivity contribution < 1.29 is 42.2 Å². The van der Waals surface area contributed by atoms with Crippen LogP contribution in [0.5, 0.6) is 0 Å². The summed E-state index contributed by atoms with van der Waals surface area (Å²) in [6.45, 7) is 2.85. The maximum Gasteiger partial charge on any atom is 0.472 e. The molecule has 0 saturated carbocycles. The molecule has 21 nitrogen and oxygen atoms in total. The van der Waals surface area contributed by atoms with Crippen molar-refractivity contribution in [1.29, 1.82) is 0 Å². The standard InChI is InChI=1S/C24H32N10O11P2/c1-9-11(3-4-35)22(34-8-28-15-18(34)30-24(26)32-20(15)37)43-12(9)6-42-47(39,40)45-16-10(2)21(44-13(16)5-41-46-38)33-7-27-14-17(33)29-23(25)31-19(14)36/h4,7-13,16,21-22,38,46H,3,5-6H2,1-2H3,(H,39,40)(H3,25,29,31,36)(H3,26,30,32,37)/t9?,10?,11-,12-,13-,16+,21-,22-/m1/s1. The molecule has 10 atom stereocenters. The van der Waals surface area contributed by atoms with Gasteiger partial charge in [-0.3, -0.25) is 37.7 Å². The van der Waals surface area contributed by atoms with Crippen LogP contribution < -0.4 is 22.6 Å². The number of nitrogens with one attached hydrogen (secondary N) is 2. The smallest absolute Gasteiger partial charge is 0.369 e. The lowest BCUT2D eigenvalue weighted by molar-refractivity contribution is -0.109. The molecule has 4 aromatic rings. The van der Waals surface area contributed by atoms with Gasteiger partial charge in [0.25, 0.3) is 11.1 Å². The van der Waals surface area contributed by atoms with E-state index in [2.05, 4.69) is 29.9 Å². The molecule has 4 aromatic heterocycles. The fourth-order valence-electron chi connectivity index (χ4n) is 6.07. The summed E-state index contributed by atoms with van der Waals surface area (Å²) in [5.41, 5.74) is 10.6. The van der Waals surface area contributed by atoms with Crippen molar-refractivity contribution in [2.24, 2.45) is 17.8 Å². The first kappa shape index (κ1) is 33.3. The molecule has 0 aromatic carbocycles. The Morgan fingerprint density at radius 3 is 2.13 bits per heavy atom. The van der Waals surface area contributed by atoms with Gasteiger partial charge in [-0.05, 0) is 5.92 Å². The fraction of sp³-hybridized carbons (Fsp3) is 0.542. The second-order valence-corrected chi connectivity index (χ2v) is 13.1. The van der Waals surface area contributed by atoms with E-state index in [4.69, 9.17) is 34.5 Å². The van der Waals surface area contributed by atoms with Crippen LogP contribution in [0.25, 0.3) is 22.3 Å². The number of nitrogens with two attached hydrogens (primary N) is 2. The van der Waals surface area contributed by atoms with E-state index in [1.165, 1.54) is 21.8 Å². The van der Waals surface area contributed by atoms with Gasteiger partial charge in [-0.1, -0.05) is 13.8 Å². The van der Waals surface area contributed by atoms with E-state index in [1.54, 1.807) is 13.8 Å². The van der Waals surface area contributed by atoms with Crippen molar-refractivity contribution in [1.82, 2.24) is 39.0 Å². The minimum atomic E-state index is -4.82. The molecule has 254 valence electrons. The Hall–Kier alpha value is -3.65. The third-order valence-electron chi connectivity index (χ3n) is 8.38. The number of aromatic amines is 2. The first-order valence-corrected chi connectivity index (χ1v) is 16.6. The summed E-state index contributed by atoms with van der Waals surface area (Å²) in [5.74, 6) is -1.75. The average Bonchev–Trinajstić information content (AvgIpc) is 3.77. The summed E-state index contributed by atoms with van der Waals surface area (Å²) in [6, 6.07) is 0. The number of aromatic nitrogens is 8. The number of rotatable bonds is 12. The predicted octanol–water partition coefficient (Wildman–Crippen LogP) is -0.291. The van der Waals surface area contributed by atoms with Crippen LogP contribution in [0.1, 0.15) is 32.7 Å². The number of ether oxygens (including phenoxy) is 2. The number of H-pyrrole nitrogens is 2. The Morgan fingerprint density at radius 1 is 0.979 bits per heavy atom. The number of phosphoric acid groups is 1. The number of hydrogen-bond acceptors (Lipinski definition) is 16. The quantitative estimate of drug-likeness (QED) is 0.0818. The molecule has 0 bridgehead atoms. The third-order valence-corrected chi connectivity index (χ3v) is 9.66. The Balaban J connectivity index is 1.19. The monoisotopic (exact) mass is 698 g/mol. The lowest BCUT2D eigenvalue weighted by atomic mass is 9.89. The van der Waals surface area contributed by atoms with Crippen LogP contribution in [0.15, 0.2) is 22.2 Å². The molecule has 2 saturated heterocycles. The number of fused-ring (bicyclic) bond motifs is 2. The molecule has 6 rings (SSSR count). The Labute approximate surface area is 265 Å². The number of carbonyl (C=O) groups excluding carboxylic acids is 1. The van der Waals surface area contributed by atoms with Crippen LogP contribution in [0.3, 0.4) is 0 Å². The molecule has 0 spiro atoms. The number of aldehydes is 1. The zero-order chi connectivity index (χ0) is 33.6. The van der Waals surface area contributed by atoms with E-state index in [0.717, 1.165) is 6.29 Å². The predicted molar refractivity (Wildman–Crippen MR) is 163 cm³/mol. The molecule has 23 heteroatoms. The molecule has 0 radical (unpaired) electrons. The lowest BCUT2D eigenvalue weighted by Gasteiger charge is -2.25. The van der Waals surface area contributed by atoms with Gasteiger partial charge < -0.3 is 40.0 Å². The summed E-state index contributed by atoms with van der Waals surface area (Å²) in [5, 5.41) is 0. The van der Waals surface area contributed by atoms with Gasteiger partial charge in [0.2, 0.25) is 11.9 Å². The summed E-state index contributed by atoms with van der Waals surface area (Å²) in [4.78, 5) is 77.5. The molecule has 0 aliphatic carbocycles. The number of imidazole rings is 2. The highest BCUT2D eigenvalue weighted by atomic mass is 31.2. The van der Waals surface area contributed by atoms with Gasteiger partial charge in [0.1, 0.15) is 30.9 Å². The summed E-state index contributed by atoms with van der Waals surface area (Å²) in [7, 11) is -5.71. The Bertz CT molecular complexity index is 1950. The van der Waals surface area contributed by atoms with Gasteiger partial charge >= 0.3 is 7.82 Å². The summed E-state index contributed by atoms with van der Waals surface area (Å²) in [6.07, 6.45) is -1.11. The number of carbonyl (C=O) groups is 1. The van der Waals surface area contributed by atoms with Crippen molar-refractivity contribution in [3.8, 4) is 0 Å². The van der Waals surface area contributed by atoms with Crippen molar-refractivity contribution >= 4 is 57.4 Å². The van der Waals surface area contributed by atoms with Gasteiger partial charge in [0, 0.05) is 18.3 Å². The van der Waals surface area contributed by atoms with E-state index in [1.807, 2.05) is 0 Å². The first-order valence-electron chi connectivity index (χ1n) is 14.3. The van der Waals surface area contributed by atoms with Crippen LogP contribution >= 0.6 is 16.9 Å². The molecule has 47 heavy (non-hydrogen) atoms. The number of nitrogen functional groups attached to an aromatic ring is 2. The van der Waals surface area contributed by atoms with E-state index >= 15 is 0 Å². The second-order valence-electron chi connectivity index (χ2n) is 11.2. The largest absolute Gasteiger partial charge is 0.472 e. The number of phosphoric ester groups is 1. The number of hydrogen-bond donors (Lipinski definition) is 6. The van der Waals surface area contributed by atoms with Crippen LogP contribution in [-0.4, -0.2) is 86.6 Å². The average molecular weight is 699 g/mol. The van der Waals surface area contributed by atoms with Gasteiger partial charge in [0.15, 0.2) is 31.4 Å². The maximum atomic E-state index is 13.3. The Kier molecular flexibility index (Phi) is 9.27. The zero-order valence-electron chi connectivity index (χ0n) is 24.8. The SMILES string of the molecule is CC1[C@@H](CC=O)[C@H](n2cnc3c(=O)[nH]c(N)nc32)O[C@@H]1COP(=O)(O)O[C@H]1C(C)[C@H](n2cnc3c(=O)[nH]c(N)nc32)O[C@@H]1COPO. The molecule has 8 N–H and O–H groups in total. The topological polar surface area (TPSA) is 300 Å². The highest BCUT2D eigenvalue weighted by molar-refractivity contribution is 7.47. The zero-order valence-corrected chi connectivity index (χ0v) is 26.7. The minimum Gasteiger partial charge on any atom is -0.369 e. The van der Waals surface area contributed by atoms with Crippen molar-refractivity contribution in [3.63, 3.8) is 0 Å². The molecule has 0 amide bonds. The summed E-state index contributed by atoms with van der Waals surface area (Å²) >= 11 is 0. The van der Waals surface area contributed by atoms with Crippen molar-refractivity contribution in [2.45, 2.75) is 51.0 Å². The molecule has 2 aliphatic rings. The van der Waals surface area contributed by atoms with E-state index < -0.39 is 77.2 Å². The minimum absolute atomic E-state index is 0.00628. The number of anilines is 2. The normalized spacial score (nSPS) is 29.4. The highest BCUT2D eigenvalue weighted by Crippen LogP contribution is 2.52. The number of nitrogens with zero attached hydrogens (tertiary/aromatic N) is 6. The van der Waals surface area contributed by atoms with Crippen LogP contribution in [0.4, 0.5) is 11.9 Å². The van der Waals surface area contributed by atoms with Crippen LogP contribution in [0, 0.1) is 17.8 Å². The van der Waals surface area contributed by atoms with Gasteiger partial charge in [-0.2, -0.15) is 9.97 Å². The highest BCUT2D eigenvalue weighted by Gasteiger charge is 2.49. The van der Waals surface area contributed by atoms with Crippen molar-refractivity contribution in [2.75, 3.05) is 24.7 Å². The first-order chi connectivity index (χ1) is 22.4. The van der Waals surface area contributed by atoms with Crippen molar-refractivity contribution in [3.05, 3.63) is 33.4 Å². The van der Waals surface area contributed by atoms with E-state index in [0.29, 0.717) is 0 Å². The molecule has 2 aliphatic heterocycles. The van der Waals surface area contributed by atoms with E-state index in [9.17, 15) is 28.7 Å². The van der Waals surface area contributed by atoms with Gasteiger partial charge in [0.05, 0.1) is 32.0 Å². The molecule has 2 fully saturated rings. The maximum absolute atomic E-state index is 13.3. The summed E-state index contributed by atoms with van der Waals surface area (Å²) < 4.78 is 44.7. The Morgan fingerprint density at radius 2 is 1.55 bits per heavy atom. The molecular formula is C24H32N10O11P2. The second kappa shape index (κ2) is 13.1.